The van der Waals surface area contributed by atoms with E-state index in [2.05, 4.69) is 0 Å². The van der Waals surface area contributed by atoms with Crippen molar-refractivity contribution in [2.75, 3.05) is 4.67 Å². The second kappa shape index (κ2) is 4.19. The molecule has 3 rings (SSSR count). The molecule has 1 unspecified atom stereocenters. The molecule has 1 atom stereocenters. The van der Waals surface area contributed by atoms with Gasteiger partial charge in [-0.2, -0.15) is 0 Å². The Kier molecular flexibility index (Phi) is 2.54. The Morgan fingerprint density at radius 3 is 2.47 bits per heavy atom. The summed E-state index contributed by atoms with van der Waals surface area (Å²) in [5, 5.41) is 0. The van der Waals surface area contributed by atoms with E-state index in [-0.39, 0.29) is 14.9 Å². The molecular weight excluding hydrogens is 233 g/mol. The molecule has 0 amide bonds. The van der Waals surface area contributed by atoms with E-state index in [1.807, 2.05) is 53.2 Å². The third-order valence-corrected chi connectivity index (χ3v) is 3.57. The minimum Gasteiger partial charge on any atom is -0.422 e. The molecule has 0 saturated carbocycles. The lowest BCUT2D eigenvalue weighted by atomic mass is 10.1. The summed E-state index contributed by atoms with van der Waals surface area (Å²) < 4.78 is 7.20. The second-order valence-corrected chi connectivity index (χ2v) is 4.50. The van der Waals surface area contributed by atoms with Crippen molar-refractivity contribution < 1.29 is 9.32 Å². The number of para-hydroxylation sites is 2. The van der Waals surface area contributed by atoms with Crippen LogP contribution in [0.3, 0.4) is 0 Å². The molecule has 0 fully saturated rings. The Labute approximate surface area is 101 Å². The lowest BCUT2D eigenvalue weighted by Crippen LogP contribution is -2.17. The van der Waals surface area contributed by atoms with Crippen molar-refractivity contribution in [2.24, 2.45) is 0 Å². The first-order valence-corrected chi connectivity index (χ1v) is 6.13. The van der Waals surface area contributed by atoms with Gasteiger partial charge in [-0.3, -0.25) is 4.67 Å². The average molecular weight is 243 g/mol. The molecule has 2 aromatic rings. The van der Waals surface area contributed by atoms with Gasteiger partial charge in [0.25, 0.3) is 0 Å². The van der Waals surface area contributed by atoms with Gasteiger partial charge in [-0.25, -0.2) is 4.79 Å². The highest BCUT2D eigenvalue weighted by Gasteiger charge is 2.25. The molecule has 0 spiro atoms. The number of fused-ring (bicyclic) bond motifs is 1. The molecule has 0 bridgehead atoms. The Bertz CT molecular complexity index is 556. The van der Waals surface area contributed by atoms with Crippen LogP contribution < -0.4 is 4.67 Å². The van der Waals surface area contributed by atoms with Gasteiger partial charge < -0.3 is 4.52 Å². The molecular formula is C13H10NO2P. The molecule has 1 aliphatic rings. The number of hydrogen-bond donors (Lipinski definition) is 0. The quantitative estimate of drug-likeness (QED) is 0.718. The molecule has 0 aromatic heterocycles. The van der Waals surface area contributed by atoms with Crippen LogP contribution >= 0.6 is 8.96 Å². The summed E-state index contributed by atoms with van der Waals surface area (Å²) >= 11 is 0. The smallest absolute Gasteiger partial charge is 0.344 e. The van der Waals surface area contributed by atoms with E-state index < -0.39 is 0 Å². The zero-order valence-corrected chi connectivity index (χ0v) is 9.96. The first-order chi connectivity index (χ1) is 8.36. The van der Waals surface area contributed by atoms with Gasteiger partial charge >= 0.3 is 5.97 Å². The van der Waals surface area contributed by atoms with Crippen LogP contribution in [0.25, 0.3) is 0 Å². The van der Waals surface area contributed by atoms with Gasteiger partial charge in [0.1, 0.15) is 0 Å². The molecule has 0 N–H and O–H groups in total. The van der Waals surface area contributed by atoms with E-state index in [4.69, 9.17) is 4.52 Å². The molecule has 84 valence electrons. The SMILES string of the molecule is O=C1OPN(c2ccccc2)c2ccccc21. The van der Waals surface area contributed by atoms with Crippen LogP contribution in [0.4, 0.5) is 11.4 Å². The summed E-state index contributed by atoms with van der Waals surface area (Å²) in [5.74, 6) is -0.244. The van der Waals surface area contributed by atoms with Crippen LogP contribution in [-0.2, 0) is 4.52 Å². The zero-order chi connectivity index (χ0) is 11.7. The predicted octanol–water partition coefficient (Wildman–Crippen LogP) is 3.50. The summed E-state index contributed by atoms with van der Waals surface area (Å²) in [6.45, 7) is 0. The minimum atomic E-state index is -0.244. The lowest BCUT2D eigenvalue weighted by molar-refractivity contribution is 0.0757. The highest BCUT2D eigenvalue weighted by molar-refractivity contribution is 7.36. The molecule has 0 radical (unpaired) electrons. The van der Waals surface area contributed by atoms with E-state index in [9.17, 15) is 4.79 Å². The first kappa shape index (κ1) is 10.3. The van der Waals surface area contributed by atoms with E-state index in [0.717, 1.165) is 11.4 Å². The first-order valence-electron chi connectivity index (χ1n) is 5.27. The standard InChI is InChI=1S/C13H10NO2P/c15-13-11-8-4-5-9-12(11)14(17-16-13)10-6-2-1-3-7-10/h1-9,17H. The number of anilines is 2. The Morgan fingerprint density at radius 1 is 0.941 bits per heavy atom. The lowest BCUT2D eigenvalue weighted by Gasteiger charge is -2.29. The summed E-state index contributed by atoms with van der Waals surface area (Å²) in [7, 11) is 0.00137. The van der Waals surface area contributed by atoms with Gasteiger partial charge in [-0.05, 0) is 24.3 Å². The topological polar surface area (TPSA) is 29.5 Å². The van der Waals surface area contributed by atoms with Gasteiger partial charge in [0.05, 0.1) is 11.3 Å². The fourth-order valence-electron chi connectivity index (χ4n) is 1.80. The van der Waals surface area contributed by atoms with E-state index in [1.165, 1.54) is 0 Å². The Hall–Kier alpha value is -1.86. The maximum Gasteiger partial charge on any atom is 0.344 e. The summed E-state index contributed by atoms with van der Waals surface area (Å²) in [6.07, 6.45) is 0. The second-order valence-electron chi connectivity index (χ2n) is 3.67. The van der Waals surface area contributed by atoms with Crippen molar-refractivity contribution in [3.05, 3.63) is 60.2 Å². The minimum absolute atomic E-state index is 0.00137. The van der Waals surface area contributed by atoms with Crippen molar-refractivity contribution in [3.63, 3.8) is 0 Å². The predicted molar refractivity (Wildman–Crippen MR) is 68.8 cm³/mol. The third-order valence-electron chi connectivity index (χ3n) is 2.61. The van der Waals surface area contributed by atoms with Crippen LogP contribution in [0, 0.1) is 0 Å². The van der Waals surface area contributed by atoms with Crippen molar-refractivity contribution in [1.82, 2.24) is 0 Å². The van der Waals surface area contributed by atoms with Crippen molar-refractivity contribution >= 4 is 26.3 Å². The van der Waals surface area contributed by atoms with Crippen LogP contribution in [0.15, 0.2) is 54.6 Å². The van der Waals surface area contributed by atoms with Gasteiger partial charge in [0.15, 0.2) is 8.96 Å². The Balaban J connectivity index is 2.10. The molecule has 3 nitrogen and oxygen atoms in total. The van der Waals surface area contributed by atoms with Gasteiger partial charge in [0.2, 0.25) is 0 Å². The molecule has 1 heterocycles. The molecule has 2 aromatic carbocycles. The maximum absolute atomic E-state index is 11.6. The van der Waals surface area contributed by atoms with Crippen molar-refractivity contribution in [2.45, 2.75) is 0 Å². The van der Waals surface area contributed by atoms with E-state index in [0.29, 0.717) is 5.56 Å². The van der Waals surface area contributed by atoms with Crippen LogP contribution in [0.2, 0.25) is 0 Å². The zero-order valence-electron chi connectivity index (χ0n) is 8.96. The Morgan fingerprint density at radius 2 is 1.65 bits per heavy atom. The van der Waals surface area contributed by atoms with Crippen LogP contribution in [0.5, 0.6) is 0 Å². The highest BCUT2D eigenvalue weighted by Crippen LogP contribution is 2.43. The van der Waals surface area contributed by atoms with Crippen LogP contribution in [0.1, 0.15) is 10.4 Å². The number of rotatable bonds is 1. The van der Waals surface area contributed by atoms with Gasteiger partial charge in [0, 0.05) is 5.69 Å². The largest absolute Gasteiger partial charge is 0.422 e. The fraction of sp³-hybridized carbons (Fsp3) is 0. The summed E-state index contributed by atoms with van der Waals surface area (Å²) in [5.41, 5.74) is 2.56. The molecule has 0 aliphatic carbocycles. The molecule has 17 heavy (non-hydrogen) atoms. The van der Waals surface area contributed by atoms with Gasteiger partial charge in [-0.15, -0.1) is 0 Å². The third kappa shape index (κ3) is 1.79. The molecule has 1 aliphatic heterocycles. The monoisotopic (exact) mass is 243 g/mol. The normalized spacial score (nSPS) is 15.5. The fourth-order valence-corrected chi connectivity index (χ4v) is 2.63. The number of carbonyl (C=O) groups is 1. The van der Waals surface area contributed by atoms with Crippen molar-refractivity contribution in [1.29, 1.82) is 0 Å². The van der Waals surface area contributed by atoms with Gasteiger partial charge in [-0.1, -0.05) is 30.3 Å². The van der Waals surface area contributed by atoms with Crippen molar-refractivity contribution in [3.8, 4) is 0 Å². The number of benzene rings is 2. The number of hydrogen-bond acceptors (Lipinski definition) is 3. The summed E-state index contributed by atoms with van der Waals surface area (Å²) in [6, 6.07) is 17.4. The van der Waals surface area contributed by atoms with E-state index >= 15 is 0 Å². The average Bonchev–Trinajstić information content (AvgIpc) is 2.41. The number of nitrogens with zero attached hydrogens (tertiary/aromatic N) is 1. The number of carbonyl (C=O) groups excluding carboxylic acids is 1. The highest BCUT2D eigenvalue weighted by atomic mass is 31.1. The summed E-state index contributed by atoms with van der Waals surface area (Å²) in [4.78, 5) is 11.6. The van der Waals surface area contributed by atoms with E-state index in [1.54, 1.807) is 6.07 Å². The molecule has 0 saturated heterocycles. The van der Waals surface area contributed by atoms with Crippen LogP contribution in [-0.4, -0.2) is 5.97 Å². The maximum atomic E-state index is 11.6. The molecule has 4 heteroatoms.